The van der Waals surface area contributed by atoms with Gasteiger partial charge in [0.25, 0.3) is 11.8 Å². The van der Waals surface area contributed by atoms with Crippen molar-refractivity contribution in [2.45, 2.75) is 70.3 Å². The molecule has 0 unspecified atom stereocenters. The van der Waals surface area contributed by atoms with Crippen LogP contribution in [0.5, 0.6) is 0 Å². The molecule has 0 radical (unpaired) electrons. The molecule has 1 aromatic rings. The van der Waals surface area contributed by atoms with Crippen molar-refractivity contribution in [3.05, 3.63) is 28.1 Å². The highest BCUT2D eigenvalue weighted by atomic mass is 32.1. The summed E-state index contributed by atoms with van der Waals surface area (Å²) in [6, 6.07) is 4.03. The number of amides is 2. The summed E-state index contributed by atoms with van der Waals surface area (Å²) in [5, 5.41) is 1.99. The van der Waals surface area contributed by atoms with E-state index in [9.17, 15) is 9.59 Å². The molecule has 5 heteroatoms. The van der Waals surface area contributed by atoms with Crippen LogP contribution in [0.3, 0.4) is 0 Å². The van der Waals surface area contributed by atoms with Gasteiger partial charge in [0.15, 0.2) is 0 Å². The molecule has 1 saturated carbocycles. The summed E-state index contributed by atoms with van der Waals surface area (Å²) in [5.41, 5.74) is 1.34. The van der Waals surface area contributed by atoms with Crippen LogP contribution < -0.4 is 0 Å². The third kappa shape index (κ3) is 3.34. The molecule has 3 aliphatic rings. The number of piperidine rings is 1. The van der Waals surface area contributed by atoms with Gasteiger partial charge in [-0.15, -0.1) is 11.3 Å². The van der Waals surface area contributed by atoms with Crippen LogP contribution in [0.25, 0.3) is 5.57 Å². The third-order valence-electron chi connectivity index (χ3n) is 5.97. The molecule has 2 amide bonds. The van der Waals surface area contributed by atoms with Gasteiger partial charge in [0.2, 0.25) is 0 Å². The van der Waals surface area contributed by atoms with Gasteiger partial charge in [0.1, 0.15) is 5.70 Å². The Labute approximate surface area is 159 Å². The molecule has 0 aromatic carbocycles. The number of hydrogen-bond donors (Lipinski definition) is 0. The smallest absolute Gasteiger partial charge is 0.278 e. The molecule has 1 saturated heterocycles. The topological polar surface area (TPSA) is 40.6 Å². The molecule has 4 nitrogen and oxygen atoms in total. The molecule has 2 fully saturated rings. The van der Waals surface area contributed by atoms with E-state index in [2.05, 4.69) is 4.90 Å². The predicted octanol–water partition coefficient (Wildman–Crippen LogP) is 4.43. The number of nitrogens with zero attached hydrogens (tertiary/aromatic N) is 2. The van der Waals surface area contributed by atoms with Crippen LogP contribution in [-0.4, -0.2) is 40.7 Å². The quantitative estimate of drug-likeness (QED) is 0.737. The molecule has 1 aliphatic carbocycles. The van der Waals surface area contributed by atoms with Gasteiger partial charge >= 0.3 is 0 Å². The van der Waals surface area contributed by atoms with Gasteiger partial charge in [-0.25, -0.2) is 0 Å². The van der Waals surface area contributed by atoms with Gasteiger partial charge in [-0.05, 0) is 43.6 Å². The van der Waals surface area contributed by atoms with Crippen molar-refractivity contribution in [3.8, 4) is 0 Å². The fraction of sp³-hybridized carbons (Fsp3) is 0.619. The fourth-order valence-corrected chi connectivity index (χ4v) is 5.38. The molecular formula is C21H28N2O2S. The molecule has 3 heterocycles. The molecular weight excluding hydrogens is 344 g/mol. The van der Waals surface area contributed by atoms with Crippen LogP contribution in [-0.2, 0) is 9.59 Å². The molecule has 0 atom stereocenters. The summed E-state index contributed by atoms with van der Waals surface area (Å²) in [7, 11) is 0. The van der Waals surface area contributed by atoms with E-state index in [0.29, 0.717) is 11.3 Å². The Morgan fingerprint density at radius 3 is 2.15 bits per heavy atom. The van der Waals surface area contributed by atoms with E-state index in [1.54, 1.807) is 16.2 Å². The average Bonchev–Trinajstić information content (AvgIpc) is 3.23. The van der Waals surface area contributed by atoms with Crippen molar-refractivity contribution < 1.29 is 9.59 Å². The second-order valence-electron chi connectivity index (χ2n) is 7.73. The summed E-state index contributed by atoms with van der Waals surface area (Å²) >= 11 is 1.57. The van der Waals surface area contributed by atoms with E-state index >= 15 is 0 Å². The van der Waals surface area contributed by atoms with Crippen molar-refractivity contribution in [2.75, 3.05) is 13.1 Å². The fourth-order valence-electron chi connectivity index (χ4n) is 4.61. The molecule has 4 rings (SSSR count). The number of carbonyl (C=O) groups is 2. The zero-order valence-electron chi connectivity index (χ0n) is 15.4. The number of thiophene rings is 1. The minimum absolute atomic E-state index is 0.0362. The number of imide groups is 1. The van der Waals surface area contributed by atoms with Gasteiger partial charge in [0, 0.05) is 24.0 Å². The van der Waals surface area contributed by atoms with Gasteiger partial charge in [-0.2, -0.15) is 0 Å². The Bertz CT molecular complexity index is 681. The predicted molar refractivity (Wildman–Crippen MR) is 105 cm³/mol. The lowest BCUT2D eigenvalue weighted by molar-refractivity contribution is -0.140. The van der Waals surface area contributed by atoms with Crippen LogP contribution in [0.15, 0.2) is 23.2 Å². The molecule has 1 aromatic heterocycles. The number of rotatable bonds is 3. The first kappa shape index (κ1) is 17.8. The minimum atomic E-state index is -0.0522. The first-order valence-electron chi connectivity index (χ1n) is 10.2. The molecule has 140 valence electrons. The normalized spacial score (nSPS) is 23.5. The van der Waals surface area contributed by atoms with Gasteiger partial charge in [-0.3, -0.25) is 14.5 Å². The second kappa shape index (κ2) is 7.95. The van der Waals surface area contributed by atoms with Crippen LogP contribution in [0, 0.1) is 0 Å². The van der Waals surface area contributed by atoms with Crippen molar-refractivity contribution in [2.24, 2.45) is 0 Å². The summed E-state index contributed by atoms with van der Waals surface area (Å²) < 4.78 is 0. The van der Waals surface area contributed by atoms with Crippen molar-refractivity contribution in [1.29, 1.82) is 0 Å². The molecule has 26 heavy (non-hydrogen) atoms. The zero-order chi connectivity index (χ0) is 17.9. The number of hydrogen-bond acceptors (Lipinski definition) is 4. The van der Waals surface area contributed by atoms with E-state index in [1.165, 1.54) is 25.7 Å². The standard InChI is InChI=1S/C21H28N2O2S/c24-20-18(17-12-9-15-26-17)19(22-13-7-4-8-14-22)21(25)23(20)16-10-5-2-1-3-6-11-16/h9,12,15-16H,1-8,10-11,13-14H2. The summed E-state index contributed by atoms with van der Waals surface area (Å²) in [5.74, 6) is -0.0885. The monoisotopic (exact) mass is 372 g/mol. The van der Waals surface area contributed by atoms with Gasteiger partial charge in [0.05, 0.1) is 5.57 Å². The van der Waals surface area contributed by atoms with Crippen LogP contribution >= 0.6 is 11.3 Å². The van der Waals surface area contributed by atoms with Gasteiger partial charge in [-0.1, -0.05) is 38.2 Å². The second-order valence-corrected chi connectivity index (χ2v) is 8.68. The Kier molecular flexibility index (Phi) is 5.44. The maximum atomic E-state index is 13.4. The highest BCUT2D eigenvalue weighted by Gasteiger charge is 2.44. The van der Waals surface area contributed by atoms with Crippen molar-refractivity contribution in [3.63, 3.8) is 0 Å². The van der Waals surface area contributed by atoms with E-state index in [0.717, 1.165) is 56.5 Å². The van der Waals surface area contributed by atoms with Crippen molar-refractivity contribution >= 4 is 28.7 Å². The third-order valence-corrected chi connectivity index (χ3v) is 6.86. The first-order valence-corrected chi connectivity index (χ1v) is 11.1. The molecule has 0 N–H and O–H groups in total. The first-order chi connectivity index (χ1) is 12.8. The zero-order valence-corrected chi connectivity index (χ0v) is 16.2. The SMILES string of the molecule is O=C1C(c2cccs2)=C(N2CCCCC2)C(=O)N1C1CCCCCCC1. The lowest BCUT2D eigenvalue weighted by atomic mass is 9.95. The Morgan fingerprint density at radius 1 is 0.846 bits per heavy atom. The maximum Gasteiger partial charge on any atom is 0.278 e. The Hall–Kier alpha value is -1.62. The van der Waals surface area contributed by atoms with Crippen molar-refractivity contribution in [1.82, 2.24) is 9.80 Å². The highest BCUT2D eigenvalue weighted by Crippen LogP contribution is 2.37. The van der Waals surface area contributed by atoms with Crippen LogP contribution in [0.1, 0.15) is 69.1 Å². The summed E-state index contributed by atoms with van der Waals surface area (Å²) in [4.78, 5) is 31.6. The summed E-state index contributed by atoms with van der Waals surface area (Å²) in [6.07, 6.45) is 11.3. The maximum absolute atomic E-state index is 13.4. The molecule has 0 bridgehead atoms. The average molecular weight is 373 g/mol. The molecule has 0 spiro atoms. The lowest BCUT2D eigenvalue weighted by Crippen LogP contribution is -2.43. The van der Waals surface area contributed by atoms with Crippen LogP contribution in [0.2, 0.25) is 0 Å². The van der Waals surface area contributed by atoms with E-state index in [-0.39, 0.29) is 17.9 Å². The highest BCUT2D eigenvalue weighted by molar-refractivity contribution is 7.11. The van der Waals surface area contributed by atoms with E-state index in [4.69, 9.17) is 0 Å². The number of likely N-dealkylation sites (tertiary alicyclic amines) is 1. The summed E-state index contributed by atoms with van der Waals surface area (Å²) in [6.45, 7) is 1.78. The Morgan fingerprint density at radius 2 is 1.50 bits per heavy atom. The van der Waals surface area contributed by atoms with Crippen LogP contribution in [0.4, 0.5) is 0 Å². The minimum Gasteiger partial charge on any atom is -0.366 e. The van der Waals surface area contributed by atoms with E-state index < -0.39 is 0 Å². The largest absolute Gasteiger partial charge is 0.366 e. The number of carbonyl (C=O) groups excluding carboxylic acids is 2. The molecule has 2 aliphatic heterocycles. The van der Waals surface area contributed by atoms with E-state index in [1.807, 2.05) is 17.5 Å². The van der Waals surface area contributed by atoms with Gasteiger partial charge < -0.3 is 4.90 Å². The Balaban J connectivity index is 1.68. The lowest BCUT2D eigenvalue weighted by Gasteiger charge is -2.31.